The maximum absolute atomic E-state index is 11.5. The fraction of sp³-hybridized carbons (Fsp3) is 0.286. The Morgan fingerprint density at radius 1 is 1.33 bits per heavy atom. The predicted molar refractivity (Wildman–Crippen MR) is 115 cm³/mol. The van der Waals surface area contributed by atoms with Crippen LogP contribution in [0.5, 0.6) is 0 Å². The zero-order chi connectivity index (χ0) is 21.1. The van der Waals surface area contributed by atoms with Crippen LogP contribution >= 0.6 is 0 Å². The number of pyridine rings is 1. The highest BCUT2D eigenvalue weighted by Crippen LogP contribution is 2.28. The van der Waals surface area contributed by atoms with E-state index >= 15 is 0 Å². The quantitative estimate of drug-likeness (QED) is 0.566. The average Bonchev–Trinajstić information content (AvgIpc) is 2.72. The van der Waals surface area contributed by atoms with Gasteiger partial charge in [0.2, 0.25) is 11.9 Å². The molecule has 3 aromatic rings. The van der Waals surface area contributed by atoms with Crippen LogP contribution in [0.15, 0.2) is 36.5 Å². The van der Waals surface area contributed by atoms with E-state index in [1.807, 2.05) is 12.1 Å². The number of anilines is 4. The van der Waals surface area contributed by atoms with Crippen LogP contribution in [0.1, 0.15) is 25.3 Å². The Morgan fingerprint density at radius 2 is 2.20 bits per heavy atom. The molecule has 1 aliphatic heterocycles. The van der Waals surface area contributed by atoms with Gasteiger partial charge in [-0.25, -0.2) is 4.98 Å². The van der Waals surface area contributed by atoms with Crippen LogP contribution in [0.25, 0.3) is 11.0 Å². The number of hydrogen-bond acceptors (Lipinski definition) is 8. The lowest BCUT2D eigenvalue weighted by molar-refractivity contribution is -0.119. The van der Waals surface area contributed by atoms with Crippen molar-refractivity contribution in [2.45, 2.75) is 25.8 Å². The van der Waals surface area contributed by atoms with Crippen LogP contribution in [0.2, 0.25) is 0 Å². The molecule has 9 heteroatoms. The normalized spacial score (nSPS) is 16.1. The Kier molecular flexibility index (Phi) is 5.30. The van der Waals surface area contributed by atoms with Crippen LogP contribution in [-0.4, -0.2) is 40.0 Å². The molecule has 1 saturated heterocycles. The SMILES string of the molecule is CC(=O)N[C@@H]1CCCN(c2nc(Nc3cc(N)cc(C#N)c3)nc3cccnc23)C1. The number of hydrogen-bond donors (Lipinski definition) is 3. The van der Waals surface area contributed by atoms with Crippen molar-refractivity contribution in [3.8, 4) is 6.07 Å². The number of nitrogens with one attached hydrogen (secondary N) is 2. The van der Waals surface area contributed by atoms with Gasteiger partial charge in [0.25, 0.3) is 0 Å². The summed E-state index contributed by atoms with van der Waals surface area (Å²) in [5.41, 5.74) is 8.87. The van der Waals surface area contributed by atoms with E-state index in [1.165, 1.54) is 6.92 Å². The van der Waals surface area contributed by atoms with Gasteiger partial charge in [0.15, 0.2) is 5.82 Å². The Hall–Kier alpha value is -3.93. The number of carbonyl (C=O) groups excluding carboxylic acids is 1. The number of nitrogens with zero attached hydrogens (tertiary/aromatic N) is 5. The minimum atomic E-state index is -0.0372. The second kappa shape index (κ2) is 8.21. The standard InChI is InChI=1S/C21H22N8O/c1-13(30)25-16-4-3-7-29(12-16)20-19-18(5-2-6-24-19)27-21(28-20)26-17-9-14(11-22)8-15(23)10-17/h2,5-6,8-10,16H,3-4,7,12,23H2,1H3,(H,25,30)(H,26,27,28)/t16-/m1/s1. The van der Waals surface area contributed by atoms with Crippen molar-refractivity contribution in [2.24, 2.45) is 0 Å². The molecule has 0 unspecified atom stereocenters. The van der Waals surface area contributed by atoms with Gasteiger partial charge in [-0.15, -0.1) is 0 Å². The molecule has 9 nitrogen and oxygen atoms in total. The fourth-order valence-corrected chi connectivity index (χ4v) is 3.72. The molecule has 4 N–H and O–H groups in total. The van der Waals surface area contributed by atoms with E-state index in [-0.39, 0.29) is 11.9 Å². The van der Waals surface area contributed by atoms with Gasteiger partial charge in [0.1, 0.15) is 5.52 Å². The van der Waals surface area contributed by atoms with Crippen LogP contribution < -0.4 is 21.3 Å². The second-order valence-corrected chi connectivity index (χ2v) is 7.31. The number of piperidine rings is 1. The van der Waals surface area contributed by atoms with Gasteiger partial charge in [-0.05, 0) is 43.2 Å². The molecule has 1 fully saturated rings. The van der Waals surface area contributed by atoms with Crippen molar-refractivity contribution < 1.29 is 4.79 Å². The molecule has 152 valence electrons. The minimum absolute atomic E-state index is 0.0372. The highest BCUT2D eigenvalue weighted by molar-refractivity contribution is 5.87. The van der Waals surface area contributed by atoms with Crippen molar-refractivity contribution in [3.63, 3.8) is 0 Å². The van der Waals surface area contributed by atoms with E-state index in [0.29, 0.717) is 46.3 Å². The molecule has 0 saturated carbocycles. The summed E-state index contributed by atoms with van der Waals surface area (Å²) >= 11 is 0. The average molecular weight is 402 g/mol. The fourth-order valence-electron chi connectivity index (χ4n) is 3.72. The van der Waals surface area contributed by atoms with E-state index in [9.17, 15) is 10.1 Å². The number of benzene rings is 1. The van der Waals surface area contributed by atoms with Gasteiger partial charge in [-0.3, -0.25) is 9.78 Å². The van der Waals surface area contributed by atoms with Crippen LogP contribution in [0.4, 0.5) is 23.1 Å². The summed E-state index contributed by atoms with van der Waals surface area (Å²) in [6.45, 7) is 3.00. The number of nitrogens with two attached hydrogens (primary N) is 1. The Labute approximate surface area is 173 Å². The van der Waals surface area contributed by atoms with Gasteiger partial charge in [0.05, 0.1) is 17.1 Å². The molecule has 0 aliphatic carbocycles. The smallest absolute Gasteiger partial charge is 0.229 e. The topological polar surface area (TPSA) is 133 Å². The zero-order valence-corrected chi connectivity index (χ0v) is 16.6. The summed E-state index contributed by atoms with van der Waals surface area (Å²) in [7, 11) is 0. The van der Waals surface area contributed by atoms with E-state index < -0.39 is 0 Å². The highest BCUT2D eigenvalue weighted by Gasteiger charge is 2.24. The van der Waals surface area contributed by atoms with E-state index in [2.05, 4.69) is 31.6 Å². The molecule has 1 amide bonds. The minimum Gasteiger partial charge on any atom is -0.399 e. The lowest BCUT2D eigenvalue weighted by Crippen LogP contribution is -2.47. The van der Waals surface area contributed by atoms with Gasteiger partial charge >= 0.3 is 0 Å². The van der Waals surface area contributed by atoms with E-state index in [4.69, 9.17) is 10.7 Å². The summed E-state index contributed by atoms with van der Waals surface area (Å²) < 4.78 is 0. The highest BCUT2D eigenvalue weighted by atomic mass is 16.1. The molecular formula is C21H22N8O. The monoisotopic (exact) mass is 402 g/mol. The zero-order valence-electron chi connectivity index (χ0n) is 16.6. The van der Waals surface area contributed by atoms with Crippen molar-refractivity contribution in [1.29, 1.82) is 5.26 Å². The van der Waals surface area contributed by atoms with E-state index in [1.54, 1.807) is 24.4 Å². The molecule has 2 aromatic heterocycles. The lowest BCUT2D eigenvalue weighted by Gasteiger charge is -2.34. The van der Waals surface area contributed by atoms with Gasteiger partial charge in [-0.2, -0.15) is 10.2 Å². The molecular weight excluding hydrogens is 380 g/mol. The van der Waals surface area contributed by atoms with Gasteiger partial charge < -0.3 is 21.3 Å². The summed E-state index contributed by atoms with van der Waals surface area (Å²) in [5.74, 6) is 1.06. The maximum Gasteiger partial charge on any atom is 0.229 e. The predicted octanol–water partition coefficient (Wildman–Crippen LogP) is 2.33. The lowest BCUT2D eigenvalue weighted by atomic mass is 10.1. The number of fused-ring (bicyclic) bond motifs is 1. The Bertz CT molecular complexity index is 1140. The van der Waals surface area contributed by atoms with Crippen molar-refractivity contribution >= 4 is 40.1 Å². The number of nitriles is 1. The third-order valence-corrected chi connectivity index (χ3v) is 4.91. The van der Waals surface area contributed by atoms with E-state index in [0.717, 1.165) is 19.4 Å². The Balaban J connectivity index is 1.70. The van der Waals surface area contributed by atoms with Crippen LogP contribution in [0, 0.1) is 11.3 Å². The first kappa shape index (κ1) is 19.4. The first-order chi connectivity index (χ1) is 14.5. The molecule has 0 bridgehead atoms. The third kappa shape index (κ3) is 4.22. The number of amides is 1. The number of nitrogen functional groups attached to an aromatic ring is 1. The van der Waals surface area contributed by atoms with Crippen molar-refractivity contribution in [2.75, 3.05) is 29.0 Å². The second-order valence-electron chi connectivity index (χ2n) is 7.31. The van der Waals surface area contributed by atoms with Crippen LogP contribution in [-0.2, 0) is 4.79 Å². The number of rotatable bonds is 4. The summed E-state index contributed by atoms with van der Waals surface area (Å²) in [6, 6.07) is 10.9. The van der Waals surface area contributed by atoms with Gasteiger partial charge in [0, 0.05) is 43.6 Å². The molecule has 3 heterocycles. The molecule has 1 aromatic carbocycles. The molecule has 4 rings (SSSR count). The third-order valence-electron chi connectivity index (χ3n) is 4.91. The molecule has 30 heavy (non-hydrogen) atoms. The number of carbonyl (C=O) groups is 1. The maximum atomic E-state index is 11.5. The van der Waals surface area contributed by atoms with Crippen LogP contribution in [0.3, 0.4) is 0 Å². The molecule has 1 aliphatic rings. The Morgan fingerprint density at radius 3 is 3.00 bits per heavy atom. The summed E-state index contributed by atoms with van der Waals surface area (Å²) in [6.07, 6.45) is 3.58. The largest absolute Gasteiger partial charge is 0.399 e. The van der Waals surface area contributed by atoms with Crippen molar-refractivity contribution in [1.82, 2.24) is 20.3 Å². The summed E-state index contributed by atoms with van der Waals surface area (Å²) in [4.78, 5) is 27.4. The first-order valence-electron chi connectivity index (χ1n) is 9.74. The summed E-state index contributed by atoms with van der Waals surface area (Å²) in [5, 5.41) is 15.3. The van der Waals surface area contributed by atoms with Gasteiger partial charge in [-0.1, -0.05) is 0 Å². The molecule has 1 atom stereocenters. The molecule has 0 radical (unpaired) electrons. The van der Waals surface area contributed by atoms with Crippen molar-refractivity contribution in [3.05, 3.63) is 42.1 Å². The molecule has 0 spiro atoms. The first-order valence-corrected chi connectivity index (χ1v) is 9.74. The number of aromatic nitrogens is 3.